The molecule has 0 aliphatic heterocycles. The van der Waals surface area contributed by atoms with Crippen LogP contribution in [-0.2, 0) is 11.3 Å². The molecule has 1 amide bonds. The summed E-state index contributed by atoms with van der Waals surface area (Å²) in [6, 6.07) is 14.2. The SMILES string of the molecule is C[C@H](NCC(=O)NCc1ccccc1)c1cccs1. The third-order valence-electron chi connectivity index (χ3n) is 2.87. The molecular weight excluding hydrogens is 256 g/mol. The Morgan fingerprint density at radius 2 is 2.00 bits per heavy atom. The predicted octanol–water partition coefficient (Wildman–Crippen LogP) is 2.72. The van der Waals surface area contributed by atoms with Gasteiger partial charge in [0.1, 0.15) is 0 Å². The van der Waals surface area contributed by atoms with Crippen molar-refractivity contribution in [3.05, 3.63) is 58.3 Å². The Balaban J connectivity index is 1.70. The van der Waals surface area contributed by atoms with Crippen molar-refractivity contribution in [3.63, 3.8) is 0 Å². The smallest absolute Gasteiger partial charge is 0.234 e. The van der Waals surface area contributed by atoms with Gasteiger partial charge in [0.05, 0.1) is 6.54 Å². The van der Waals surface area contributed by atoms with Gasteiger partial charge in [-0.15, -0.1) is 11.3 Å². The van der Waals surface area contributed by atoms with Gasteiger partial charge in [-0.25, -0.2) is 0 Å². The highest BCUT2D eigenvalue weighted by Crippen LogP contribution is 2.17. The average Bonchev–Trinajstić information content (AvgIpc) is 2.98. The molecule has 100 valence electrons. The summed E-state index contributed by atoms with van der Waals surface area (Å²) in [5, 5.41) is 8.17. The lowest BCUT2D eigenvalue weighted by atomic mass is 10.2. The number of amides is 1. The van der Waals surface area contributed by atoms with Crippen LogP contribution in [0.5, 0.6) is 0 Å². The topological polar surface area (TPSA) is 41.1 Å². The Labute approximate surface area is 117 Å². The molecule has 0 saturated heterocycles. The van der Waals surface area contributed by atoms with Crippen LogP contribution in [-0.4, -0.2) is 12.5 Å². The van der Waals surface area contributed by atoms with E-state index in [1.165, 1.54) is 4.88 Å². The molecule has 3 nitrogen and oxygen atoms in total. The number of thiophene rings is 1. The van der Waals surface area contributed by atoms with Gasteiger partial charge < -0.3 is 10.6 Å². The number of carbonyl (C=O) groups is 1. The molecule has 2 rings (SSSR count). The molecule has 1 aromatic carbocycles. The van der Waals surface area contributed by atoms with Crippen molar-refractivity contribution >= 4 is 17.2 Å². The van der Waals surface area contributed by atoms with Crippen LogP contribution in [0.1, 0.15) is 23.4 Å². The molecule has 19 heavy (non-hydrogen) atoms. The monoisotopic (exact) mass is 274 g/mol. The van der Waals surface area contributed by atoms with Crippen molar-refractivity contribution in [2.75, 3.05) is 6.54 Å². The summed E-state index contributed by atoms with van der Waals surface area (Å²) < 4.78 is 0. The van der Waals surface area contributed by atoms with Crippen molar-refractivity contribution in [2.45, 2.75) is 19.5 Å². The van der Waals surface area contributed by atoms with E-state index in [1.807, 2.05) is 41.8 Å². The van der Waals surface area contributed by atoms with Gasteiger partial charge in [0.2, 0.25) is 5.91 Å². The third kappa shape index (κ3) is 4.50. The summed E-state index contributed by atoms with van der Waals surface area (Å²) in [6.45, 7) is 2.98. The highest BCUT2D eigenvalue weighted by Gasteiger charge is 2.07. The number of nitrogens with one attached hydrogen (secondary N) is 2. The van der Waals surface area contributed by atoms with E-state index in [9.17, 15) is 4.79 Å². The first-order valence-corrected chi connectivity index (χ1v) is 7.21. The minimum absolute atomic E-state index is 0.0206. The molecule has 0 bridgehead atoms. The Kier molecular flexibility index (Phi) is 5.12. The number of benzene rings is 1. The standard InChI is InChI=1S/C15H18N2OS/c1-12(14-8-5-9-19-14)16-11-15(18)17-10-13-6-3-2-4-7-13/h2-9,12,16H,10-11H2,1H3,(H,17,18)/t12-/m0/s1. The van der Waals surface area contributed by atoms with Gasteiger partial charge in [-0.1, -0.05) is 36.4 Å². The van der Waals surface area contributed by atoms with Gasteiger partial charge in [0.15, 0.2) is 0 Å². The third-order valence-corrected chi connectivity index (χ3v) is 3.93. The lowest BCUT2D eigenvalue weighted by Crippen LogP contribution is -2.34. The predicted molar refractivity (Wildman–Crippen MR) is 79.0 cm³/mol. The quantitative estimate of drug-likeness (QED) is 0.850. The number of rotatable bonds is 6. The maximum absolute atomic E-state index is 11.7. The van der Waals surface area contributed by atoms with Crippen LogP contribution in [0.2, 0.25) is 0 Å². The number of hydrogen-bond donors (Lipinski definition) is 2. The van der Waals surface area contributed by atoms with Crippen molar-refractivity contribution in [1.29, 1.82) is 0 Å². The Bertz CT molecular complexity index is 496. The van der Waals surface area contributed by atoms with E-state index in [0.717, 1.165) is 5.56 Å². The minimum atomic E-state index is 0.0206. The minimum Gasteiger partial charge on any atom is -0.351 e. The first kappa shape index (κ1) is 13.8. The van der Waals surface area contributed by atoms with E-state index in [4.69, 9.17) is 0 Å². The summed E-state index contributed by atoms with van der Waals surface area (Å²) in [5.41, 5.74) is 1.11. The molecule has 0 unspecified atom stereocenters. The molecule has 1 heterocycles. The number of hydrogen-bond acceptors (Lipinski definition) is 3. The van der Waals surface area contributed by atoms with Gasteiger partial charge in [-0.2, -0.15) is 0 Å². The van der Waals surface area contributed by atoms with Gasteiger partial charge in [-0.05, 0) is 23.9 Å². The largest absolute Gasteiger partial charge is 0.351 e. The summed E-state index contributed by atoms with van der Waals surface area (Å²) >= 11 is 1.70. The fourth-order valence-corrected chi connectivity index (χ4v) is 2.50. The van der Waals surface area contributed by atoms with Crippen LogP contribution in [0.3, 0.4) is 0 Å². The van der Waals surface area contributed by atoms with Crippen molar-refractivity contribution in [2.24, 2.45) is 0 Å². The Morgan fingerprint density at radius 1 is 1.21 bits per heavy atom. The number of carbonyl (C=O) groups excluding carboxylic acids is 1. The highest BCUT2D eigenvalue weighted by atomic mass is 32.1. The fraction of sp³-hybridized carbons (Fsp3) is 0.267. The van der Waals surface area contributed by atoms with Crippen molar-refractivity contribution < 1.29 is 4.79 Å². The van der Waals surface area contributed by atoms with Crippen LogP contribution >= 0.6 is 11.3 Å². The molecule has 0 saturated carbocycles. The molecule has 0 aliphatic rings. The second-order valence-corrected chi connectivity index (χ2v) is 5.36. The Morgan fingerprint density at radius 3 is 2.68 bits per heavy atom. The summed E-state index contributed by atoms with van der Waals surface area (Å²) in [6.07, 6.45) is 0. The Hall–Kier alpha value is -1.65. The summed E-state index contributed by atoms with van der Waals surface area (Å²) in [5.74, 6) is 0.0206. The van der Waals surface area contributed by atoms with Crippen LogP contribution < -0.4 is 10.6 Å². The maximum Gasteiger partial charge on any atom is 0.234 e. The van der Waals surface area contributed by atoms with Crippen molar-refractivity contribution in [1.82, 2.24) is 10.6 Å². The van der Waals surface area contributed by atoms with Crippen LogP contribution in [0, 0.1) is 0 Å². The van der Waals surface area contributed by atoms with E-state index in [-0.39, 0.29) is 11.9 Å². The molecule has 0 fully saturated rings. The highest BCUT2D eigenvalue weighted by molar-refractivity contribution is 7.10. The second kappa shape index (κ2) is 7.07. The second-order valence-electron chi connectivity index (χ2n) is 4.38. The average molecular weight is 274 g/mol. The summed E-state index contributed by atoms with van der Waals surface area (Å²) in [7, 11) is 0. The molecule has 1 aromatic heterocycles. The van der Waals surface area contributed by atoms with Gasteiger partial charge >= 0.3 is 0 Å². The lowest BCUT2D eigenvalue weighted by Gasteiger charge is -2.12. The molecule has 0 aliphatic carbocycles. The molecule has 2 N–H and O–H groups in total. The summed E-state index contributed by atoms with van der Waals surface area (Å²) in [4.78, 5) is 13.0. The zero-order valence-electron chi connectivity index (χ0n) is 10.9. The zero-order valence-corrected chi connectivity index (χ0v) is 11.7. The van der Waals surface area contributed by atoms with E-state index < -0.39 is 0 Å². The van der Waals surface area contributed by atoms with E-state index in [1.54, 1.807) is 11.3 Å². The molecule has 0 radical (unpaired) electrons. The molecule has 4 heteroatoms. The van der Waals surface area contributed by atoms with Crippen LogP contribution in [0.4, 0.5) is 0 Å². The maximum atomic E-state index is 11.7. The molecule has 0 spiro atoms. The van der Waals surface area contributed by atoms with Crippen molar-refractivity contribution in [3.8, 4) is 0 Å². The van der Waals surface area contributed by atoms with E-state index in [2.05, 4.69) is 23.6 Å². The van der Waals surface area contributed by atoms with E-state index in [0.29, 0.717) is 13.1 Å². The van der Waals surface area contributed by atoms with Gasteiger partial charge in [0, 0.05) is 17.5 Å². The zero-order chi connectivity index (χ0) is 13.5. The molecule has 1 atom stereocenters. The molecular formula is C15H18N2OS. The lowest BCUT2D eigenvalue weighted by molar-refractivity contribution is -0.120. The fourth-order valence-electron chi connectivity index (χ4n) is 1.74. The van der Waals surface area contributed by atoms with Crippen LogP contribution in [0.25, 0.3) is 0 Å². The molecule has 2 aromatic rings. The normalized spacial score (nSPS) is 12.1. The first-order chi connectivity index (χ1) is 9.25. The van der Waals surface area contributed by atoms with Crippen LogP contribution in [0.15, 0.2) is 47.8 Å². The van der Waals surface area contributed by atoms with Gasteiger partial charge in [-0.3, -0.25) is 4.79 Å². The first-order valence-electron chi connectivity index (χ1n) is 6.33. The van der Waals surface area contributed by atoms with Gasteiger partial charge in [0.25, 0.3) is 0 Å². The van der Waals surface area contributed by atoms with E-state index >= 15 is 0 Å².